The molecule has 0 aromatic heterocycles. The van der Waals surface area contributed by atoms with E-state index in [2.05, 4.69) is 4.90 Å². The van der Waals surface area contributed by atoms with Crippen LogP contribution in [0.2, 0.25) is 0 Å². The van der Waals surface area contributed by atoms with Crippen LogP contribution in [0.5, 0.6) is 0 Å². The Morgan fingerprint density at radius 3 is 2.05 bits per heavy atom. The van der Waals surface area contributed by atoms with Gasteiger partial charge in [0.25, 0.3) is 0 Å². The normalized spacial score (nSPS) is 35.1. The molecule has 3 aliphatic rings. The zero-order valence-electron chi connectivity index (χ0n) is 12.4. The van der Waals surface area contributed by atoms with Gasteiger partial charge in [-0.15, -0.1) is 0 Å². The Morgan fingerprint density at radius 1 is 1.05 bits per heavy atom. The highest BCUT2D eigenvalue weighted by Crippen LogP contribution is 2.39. The first-order valence-electron chi connectivity index (χ1n) is 7.69. The van der Waals surface area contributed by atoms with Crippen LogP contribution in [0.25, 0.3) is 0 Å². The van der Waals surface area contributed by atoms with Crippen molar-refractivity contribution in [3.05, 3.63) is 0 Å². The molecule has 3 rings (SSSR count). The highest BCUT2D eigenvalue weighted by molar-refractivity contribution is 5.69. The minimum atomic E-state index is -0.384. The van der Waals surface area contributed by atoms with Crippen LogP contribution in [0.1, 0.15) is 52.9 Å². The first-order valence-corrected chi connectivity index (χ1v) is 7.69. The average Bonchev–Trinajstić information content (AvgIpc) is 2.46. The van der Waals surface area contributed by atoms with Gasteiger partial charge in [0.15, 0.2) is 0 Å². The van der Waals surface area contributed by atoms with Crippen molar-refractivity contribution in [1.82, 2.24) is 9.80 Å². The highest BCUT2D eigenvalue weighted by Gasteiger charge is 2.46. The van der Waals surface area contributed by atoms with E-state index in [1.54, 1.807) is 0 Å². The van der Waals surface area contributed by atoms with Crippen LogP contribution >= 0.6 is 0 Å². The number of nitrogens with zero attached hydrogens (tertiary/aromatic N) is 2. The molecular formula is C15H26N2O2. The van der Waals surface area contributed by atoms with Crippen molar-refractivity contribution >= 4 is 6.09 Å². The van der Waals surface area contributed by atoms with E-state index in [-0.39, 0.29) is 11.7 Å². The lowest BCUT2D eigenvalue weighted by Gasteiger charge is -2.46. The van der Waals surface area contributed by atoms with Gasteiger partial charge in [0.1, 0.15) is 5.60 Å². The number of hydrogen-bond acceptors (Lipinski definition) is 3. The summed E-state index contributed by atoms with van der Waals surface area (Å²) in [5, 5.41) is 0. The van der Waals surface area contributed by atoms with Crippen molar-refractivity contribution in [2.45, 2.75) is 76.6 Å². The molecule has 108 valence electrons. The monoisotopic (exact) mass is 266 g/mol. The molecule has 0 aromatic carbocycles. The predicted octanol–water partition coefficient (Wildman–Crippen LogP) is 2.62. The molecule has 2 atom stereocenters. The molecule has 3 heterocycles. The predicted molar refractivity (Wildman–Crippen MR) is 74.1 cm³/mol. The van der Waals surface area contributed by atoms with E-state index in [1.807, 2.05) is 25.7 Å². The molecule has 4 heteroatoms. The Hall–Kier alpha value is -0.770. The summed E-state index contributed by atoms with van der Waals surface area (Å²) in [6, 6.07) is 1.54. The molecule has 0 aromatic rings. The van der Waals surface area contributed by atoms with Gasteiger partial charge in [-0.2, -0.15) is 0 Å². The highest BCUT2D eigenvalue weighted by atomic mass is 16.6. The third-order valence-electron chi connectivity index (χ3n) is 4.72. The number of hydrogen-bond donors (Lipinski definition) is 0. The summed E-state index contributed by atoms with van der Waals surface area (Å²) in [4.78, 5) is 17.0. The second-order valence-corrected chi connectivity index (χ2v) is 7.29. The number of ether oxygens (including phenoxy) is 1. The molecule has 0 saturated carbocycles. The van der Waals surface area contributed by atoms with E-state index in [9.17, 15) is 4.79 Å². The van der Waals surface area contributed by atoms with Crippen LogP contribution in [-0.2, 0) is 4.74 Å². The van der Waals surface area contributed by atoms with E-state index in [4.69, 9.17) is 4.74 Å². The van der Waals surface area contributed by atoms with Crippen molar-refractivity contribution in [3.63, 3.8) is 0 Å². The van der Waals surface area contributed by atoms with Crippen LogP contribution in [0.15, 0.2) is 0 Å². The Bertz CT molecular complexity index is 346. The lowest BCUT2D eigenvalue weighted by molar-refractivity contribution is -0.0112. The maximum atomic E-state index is 12.3. The third kappa shape index (κ3) is 2.60. The fourth-order valence-electron chi connectivity index (χ4n) is 3.77. The van der Waals surface area contributed by atoms with Gasteiger partial charge in [0.05, 0.1) is 0 Å². The van der Waals surface area contributed by atoms with Gasteiger partial charge in [-0.1, -0.05) is 0 Å². The first kappa shape index (κ1) is 13.2. The van der Waals surface area contributed by atoms with Crippen molar-refractivity contribution in [1.29, 1.82) is 0 Å². The van der Waals surface area contributed by atoms with E-state index in [0.717, 1.165) is 25.7 Å². The molecule has 0 aliphatic carbocycles. The SMILES string of the molecule is CC(C)(C)OC(=O)N1C2CCC1CC(N1CCC1)C2. The largest absolute Gasteiger partial charge is 0.444 e. The van der Waals surface area contributed by atoms with E-state index in [0.29, 0.717) is 18.1 Å². The second kappa shape index (κ2) is 4.65. The van der Waals surface area contributed by atoms with Crippen molar-refractivity contribution < 1.29 is 9.53 Å². The molecule has 0 radical (unpaired) electrons. The van der Waals surface area contributed by atoms with Crippen LogP contribution in [0, 0.1) is 0 Å². The summed E-state index contributed by atoms with van der Waals surface area (Å²) >= 11 is 0. The number of carbonyl (C=O) groups is 1. The number of likely N-dealkylation sites (tertiary alicyclic amines) is 1. The summed E-state index contributed by atoms with van der Waals surface area (Å²) in [7, 11) is 0. The summed E-state index contributed by atoms with van der Waals surface area (Å²) in [6.07, 6.45) is 5.87. The summed E-state index contributed by atoms with van der Waals surface area (Å²) in [5.74, 6) is 0. The molecule has 2 unspecified atom stereocenters. The van der Waals surface area contributed by atoms with Gasteiger partial charge in [0.2, 0.25) is 0 Å². The fraction of sp³-hybridized carbons (Fsp3) is 0.933. The lowest BCUT2D eigenvalue weighted by Crippen LogP contribution is -2.56. The second-order valence-electron chi connectivity index (χ2n) is 7.29. The Kier molecular flexibility index (Phi) is 3.24. The number of carbonyl (C=O) groups excluding carboxylic acids is 1. The summed E-state index contributed by atoms with van der Waals surface area (Å²) in [5.41, 5.74) is -0.384. The smallest absolute Gasteiger partial charge is 0.410 e. The maximum absolute atomic E-state index is 12.3. The van der Waals surface area contributed by atoms with Crippen LogP contribution < -0.4 is 0 Å². The molecule has 3 aliphatic heterocycles. The van der Waals surface area contributed by atoms with Gasteiger partial charge in [-0.3, -0.25) is 0 Å². The zero-order valence-corrected chi connectivity index (χ0v) is 12.4. The maximum Gasteiger partial charge on any atom is 0.410 e. The minimum absolute atomic E-state index is 0.0953. The number of fused-ring (bicyclic) bond motifs is 2. The van der Waals surface area contributed by atoms with E-state index < -0.39 is 0 Å². The van der Waals surface area contributed by atoms with Gasteiger partial charge >= 0.3 is 6.09 Å². The van der Waals surface area contributed by atoms with Crippen LogP contribution in [-0.4, -0.2) is 52.7 Å². The molecule has 0 spiro atoms. The third-order valence-corrected chi connectivity index (χ3v) is 4.72. The zero-order chi connectivity index (χ0) is 13.6. The molecular weight excluding hydrogens is 240 g/mol. The topological polar surface area (TPSA) is 32.8 Å². The molecule has 4 nitrogen and oxygen atoms in total. The number of amides is 1. The van der Waals surface area contributed by atoms with Gasteiger partial charge in [-0.05, 0) is 66.0 Å². The number of rotatable bonds is 1. The van der Waals surface area contributed by atoms with E-state index in [1.165, 1.54) is 19.5 Å². The molecule has 3 saturated heterocycles. The standard InChI is InChI=1S/C15H26N2O2/c1-15(2,3)19-14(18)17-11-5-6-12(17)10-13(9-11)16-7-4-8-16/h11-13H,4-10H2,1-3H3. The van der Waals surface area contributed by atoms with Crippen molar-refractivity contribution in [2.75, 3.05) is 13.1 Å². The number of piperidine rings is 1. The molecule has 0 N–H and O–H groups in total. The van der Waals surface area contributed by atoms with Gasteiger partial charge in [-0.25, -0.2) is 4.79 Å². The Morgan fingerprint density at radius 2 is 1.63 bits per heavy atom. The summed E-state index contributed by atoms with van der Waals surface area (Å²) < 4.78 is 5.57. The van der Waals surface area contributed by atoms with Gasteiger partial charge < -0.3 is 14.5 Å². The Labute approximate surface area is 116 Å². The Balaban J connectivity index is 1.64. The quantitative estimate of drug-likeness (QED) is 0.731. The van der Waals surface area contributed by atoms with Crippen molar-refractivity contribution in [3.8, 4) is 0 Å². The van der Waals surface area contributed by atoms with Crippen molar-refractivity contribution in [2.24, 2.45) is 0 Å². The fourth-order valence-corrected chi connectivity index (χ4v) is 3.77. The van der Waals surface area contributed by atoms with Crippen LogP contribution in [0.3, 0.4) is 0 Å². The van der Waals surface area contributed by atoms with Gasteiger partial charge in [0, 0.05) is 18.1 Å². The van der Waals surface area contributed by atoms with Crippen LogP contribution in [0.4, 0.5) is 4.79 Å². The average molecular weight is 266 g/mol. The lowest BCUT2D eigenvalue weighted by atomic mass is 9.94. The minimum Gasteiger partial charge on any atom is -0.444 e. The van der Waals surface area contributed by atoms with E-state index >= 15 is 0 Å². The molecule has 1 amide bonds. The molecule has 2 bridgehead atoms. The first-order chi connectivity index (χ1) is 8.94. The molecule has 3 fully saturated rings. The summed E-state index contributed by atoms with van der Waals surface area (Å²) in [6.45, 7) is 8.35. The molecule has 19 heavy (non-hydrogen) atoms.